The van der Waals surface area contributed by atoms with Crippen LogP contribution in [0.3, 0.4) is 0 Å². The summed E-state index contributed by atoms with van der Waals surface area (Å²) < 4.78 is 18.9. The van der Waals surface area contributed by atoms with Crippen molar-refractivity contribution in [2.45, 2.75) is 0 Å². The third kappa shape index (κ3) is 3.29. The summed E-state index contributed by atoms with van der Waals surface area (Å²) in [5, 5.41) is 3.02. The monoisotopic (exact) mass is 357 g/mol. The molecule has 0 radical (unpaired) electrons. The summed E-state index contributed by atoms with van der Waals surface area (Å²) in [5.41, 5.74) is 0.615. The van der Waals surface area contributed by atoms with E-state index in [9.17, 15) is 9.18 Å². The molecule has 6 heteroatoms. The summed E-state index contributed by atoms with van der Waals surface area (Å²) in [6, 6.07) is 8.93. The minimum absolute atomic E-state index is 0.193. The summed E-state index contributed by atoms with van der Waals surface area (Å²) in [7, 11) is 1.45. The van der Waals surface area contributed by atoms with E-state index in [-0.39, 0.29) is 5.56 Å². The van der Waals surface area contributed by atoms with Crippen LogP contribution in [0.4, 0.5) is 10.1 Å². The van der Waals surface area contributed by atoms with Crippen molar-refractivity contribution in [1.29, 1.82) is 0 Å². The van der Waals surface area contributed by atoms with Crippen molar-refractivity contribution < 1.29 is 13.9 Å². The van der Waals surface area contributed by atoms with E-state index in [4.69, 9.17) is 16.3 Å². The van der Waals surface area contributed by atoms with E-state index in [0.29, 0.717) is 20.9 Å². The topological polar surface area (TPSA) is 38.3 Å². The van der Waals surface area contributed by atoms with Crippen LogP contribution in [0.15, 0.2) is 40.9 Å². The fraction of sp³-hybridized carbons (Fsp3) is 0.0714. The highest BCUT2D eigenvalue weighted by Gasteiger charge is 2.13. The fourth-order valence-electron chi connectivity index (χ4n) is 1.69. The first kappa shape index (κ1) is 14.8. The van der Waals surface area contributed by atoms with Gasteiger partial charge >= 0.3 is 0 Å². The number of para-hydroxylation sites is 1. The molecule has 0 aliphatic carbocycles. The maximum Gasteiger partial charge on any atom is 0.255 e. The number of nitrogens with one attached hydrogen (secondary N) is 1. The van der Waals surface area contributed by atoms with E-state index in [2.05, 4.69) is 21.2 Å². The second-order valence-corrected chi connectivity index (χ2v) is 5.26. The van der Waals surface area contributed by atoms with Crippen LogP contribution in [0, 0.1) is 5.82 Å². The maximum atomic E-state index is 13.3. The number of rotatable bonds is 3. The van der Waals surface area contributed by atoms with Crippen LogP contribution in [0.2, 0.25) is 5.02 Å². The highest BCUT2D eigenvalue weighted by atomic mass is 79.9. The maximum absolute atomic E-state index is 13.3. The molecule has 2 rings (SSSR count). The first-order valence-corrected chi connectivity index (χ1v) is 6.78. The van der Waals surface area contributed by atoms with Gasteiger partial charge in [0.15, 0.2) is 5.75 Å². The summed E-state index contributed by atoms with van der Waals surface area (Å²) in [4.78, 5) is 12.1. The Morgan fingerprint density at radius 2 is 2.10 bits per heavy atom. The molecular formula is C14H10BrClFNO2. The first-order chi connectivity index (χ1) is 9.51. The minimum Gasteiger partial charge on any atom is -0.493 e. The Kier molecular flexibility index (Phi) is 4.62. The summed E-state index contributed by atoms with van der Waals surface area (Å²) in [6.45, 7) is 0. The Hall–Kier alpha value is -1.59. The predicted octanol–water partition coefficient (Wildman–Crippen LogP) is 4.50. The van der Waals surface area contributed by atoms with Crippen molar-refractivity contribution >= 4 is 39.1 Å². The Bertz CT molecular complexity index is 643. The molecule has 0 atom stereocenters. The van der Waals surface area contributed by atoms with Crippen molar-refractivity contribution in [2.75, 3.05) is 12.4 Å². The third-order valence-electron chi connectivity index (χ3n) is 2.54. The lowest BCUT2D eigenvalue weighted by atomic mass is 10.2. The lowest BCUT2D eigenvalue weighted by molar-refractivity contribution is 0.102. The molecule has 1 N–H and O–H groups in total. The number of methoxy groups -OCH3 is 1. The van der Waals surface area contributed by atoms with Crippen molar-refractivity contribution in [1.82, 2.24) is 0 Å². The van der Waals surface area contributed by atoms with Crippen LogP contribution in [0.25, 0.3) is 0 Å². The lowest BCUT2D eigenvalue weighted by Crippen LogP contribution is -2.13. The molecule has 0 fully saturated rings. The van der Waals surface area contributed by atoms with Gasteiger partial charge < -0.3 is 10.1 Å². The molecule has 20 heavy (non-hydrogen) atoms. The Balaban J connectivity index is 2.30. The molecule has 0 unspecified atom stereocenters. The number of hydrogen-bond acceptors (Lipinski definition) is 2. The average Bonchev–Trinajstić information content (AvgIpc) is 2.37. The number of halogens is 3. The molecule has 0 aromatic heterocycles. The second kappa shape index (κ2) is 6.24. The standard InChI is InChI=1S/C14H10BrClFNO2/c1-20-13-11(16)3-2-4-12(13)18-14(19)8-5-9(15)7-10(17)6-8/h2-7H,1H3,(H,18,19). The average molecular weight is 359 g/mol. The molecule has 3 nitrogen and oxygen atoms in total. The van der Waals surface area contributed by atoms with Crippen LogP contribution < -0.4 is 10.1 Å². The van der Waals surface area contributed by atoms with E-state index in [1.165, 1.54) is 19.2 Å². The van der Waals surface area contributed by atoms with Crippen LogP contribution in [0.1, 0.15) is 10.4 Å². The molecule has 0 saturated carbocycles. The van der Waals surface area contributed by atoms with Crippen molar-refractivity contribution in [3.8, 4) is 5.75 Å². The van der Waals surface area contributed by atoms with Crippen molar-refractivity contribution in [3.63, 3.8) is 0 Å². The zero-order valence-electron chi connectivity index (χ0n) is 10.4. The van der Waals surface area contributed by atoms with Gasteiger partial charge in [-0.2, -0.15) is 0 Å². The molecule has 0 saturated heterocycles. The van der Waals surface area contributed by atoms with Crippen LogP contribution in [-0.4, -0.2) is 13.0 Å². The molecule has 0 bridgehead atoms. The molecule has 0 heterocycles. The Labute approximate surface area is 128 Å². The number of carbonyl (C=O) groups is 1. The first-order valence-electron chi connectivity index (χ1n) is 5.61. The van der Waals surface area contributed by atoms with Crippen LogP contribution >= 0.6 is 27.5 Å². The zero-order valence-corrected chi connectivity index (χ0v) is 12.8. The number of carbonyl (C=O) groups excluding carboxylic acids is 1. The van der Waals surface area contributed by atoms with E-state index < -0.39 is 11.7 Å². The van der Waals surface area contributed by atoms with E-state index in [1.807, 2.05) is 0 Å². The smallest absolute Gasteiger partial charge is 0.255 e. The third-order valence-corrected chi connectivity index (χ3v) is 3.30. The number of anilines is 1. The van der Waals surface area contributed by atoms with Gasteiger partial charge in [0.25, 0.3) is 5.91 Å². The Morgan fingerprint density at radius 1 is 1.35 bits per heavy atom. The van der Waals surface area contributed by atoms with Gasteiger partial charge in [-0.15, -0.1) is 0 Å². The highest BCUT2D eigenvalue weighted by Crippen LogP contribution is 2.32. The normalized spacial score (nSPS) is 10.2. The van der Waals surface area contributed by atoms with Gasteiger partial charge in [-0.25, -0.2) is 4.39 Å². The number of ether oxygens (including phenoxy) is 1. The van der Waals surface area contributed by atoms with Gasteiger partial charge in [-0.05, 0) is 30.3 Å². The number of amides is 1. The second-order valence-electron chi connectivity index (χ2n) is 3.93. The molecular weight excluding hydrogens is 349 g/mol. The van der Waals surface area contributed by atoms with Gasteiger partial charge in [-0.1, -0.05) is 33.6 Å². The predicted molar refractivity (Wildman–Crippen MR) is 80.1 cm³/mol. The zero-order chi connectivity index (χ0) is 14.7. The number of hydrogen-bond donors (Lipinski definition) is 1. The molecule has 104 valence electrons. The largest absolute Gasteiger partial charge is 0.493 e. The Morgan fingerprint density at radius 3 is 2.75 bits per heavy atom. The van der Waals surface area contributed by atoms with E-state index in [1.54, 1.807) is 18.2 Å². The fourth-order valence-corrected chi connectivity index (χ4v) is 2.41. The summed E-state index contributed by atoms with van der Waals surface area (Å²) >= 11 is 9.11. The van der Waals surface area contributed by atoms with Gasteiger partial charge in [-0.3, -0.25) is 4.79 Å². The summed E-state index contributed by atoms with van der Waals surface area (Å²) in [5.74, 6) is -0.591. The minimum atomic E-state index is -0.498. The van der Waals surface area contributed by atoms with Crippen LogP contribution in [-0.2, 0) is 0 Å². The van der Waals surface area contributed by atoms with Gasteiger partial charge in [0.1, 0.15) is 5.82 Å². The molecule has 1 amide bonds. The molecule has 0 spiro atoms. The molecule has 0 aliphatic heterocycles. The van der Waals surface area contributed by atoms with Crippen LogP contribution in [0.5, 0.6) is 5.75 Å². The molecule has 2 aromatic rings. The van der Waals surface area contributed by atoms with Crippen molar-refractivity contribution in [3.05, 3.63) is 57.3 Å². The summed E-state index contributed by atoms with van der Waals surface area (Å²) in [6.07, 6.45) is 0. The van der Waals surface area contributed by atoms with Gasteiger partial charge in [0.2, 0.25) is 0 Å². The lowest BCUT2D eigenvalue weighted by Gasteiger charge is -2.11. The molecule has 0 aliphatic rings. The van der Waals surface area contributed by atoms with Crippen molar-refractivity contribution in [2.24, 2.45) is 0 Å². The quantitative estimate of drug-likeness (QED) is 0.877. The van der Waals surface area contributed by atoms with E-state index in [0.717, 1.165) is 6.07 Å². The van der Waals surface area contributed by atoms with Gasteiger partial charge in [0.05, 0.1) is 17.8 Å². The number of benzene rings is 2. The SMILES string of the molecule is COc1c(Cl)cccc1NC(=O)c1cc(F)cc(Br)c1. The highest BCUT2D eigenvalue weighted by molar-refractivity contribution is 9.10. The molecule has 2 aromatic carbocycles. The van der Waals surface area contributed by atoms with Gasteiger partial charge in [0, 0.05) is 10.0 Å². The van der Waals surface area contributed by atoms with E-state index >= 15 is 0 Å².